The van der Waals surface area contributed by atoms with Gasteiger partial charge in [-0.2, -0.15) is 0 Å². The van der Waals surface area contributed by atoms with E-state index in [0.29, 0.717) is 0 Å². The molecule has 0 N–H and O–H groups in total. The van der Waals surface area contributed by atoms with Gasteiger partial charge in [0.25, 0.3) is 0 Å². The quantitative estimate of drug-likeness (QED) is 0.389. The molecular formula is C4H10Si. The van der Waals surface area contributed by atoms with Crippen molar-refractivity contribution in [3.05, 3.63) is 0 Å². The van der Waals surface area contributed by atoms with E-state index < -0.39 is 0 Å². The average Bonchev–Trinajstić information content (AvgIpc) is 1.30. The summed E-state index contributed by atoms with van der Waals surface area (Å²) in [6.45, 7) is 2.45. The Hall–Kier alpha value is 0.217. The molecule has 1 aliphatic heterocycles. The Bertz CT molecular complexity index is 30.6. The van der Waals surface area contributed by atoms with Crippen molar-refractivity contribution >= 4 is 8.80 Å². The van der Waals surface area contributed by atoms with E-state index in [9.17, 15) is 0 Å². The molecule has 0 unspecified atom stereocenters. The molecule has 0 aliphatic carbocycles. The molecule has 1 heteroatoms. The van der Waals surface area contributed by atoms with Crippen molar-refractivity contribution in [2.45, 2.75) is 25.1 Å². The molecule has 0 amide bonds. The standard InChI is InChI=1S/C4H10Si/c1-5-3-2-4-5/h5H,2-4H2,1H3. The molecular weight excluding hydrogens is 76.1 g/mol. The van der Waals surface area contributed by atoms with Crippen LogP contribution < -0.4 is 0 Å². The normalized spacial score (nSPS) is 25.8. The van der Waals surface area contributed by atoms with Crippen LogP contribution in [0.1, 0.15) is 6.42 Å². The lowest BCUT2D eigenvalue weighted by Crippen LogP contribution is -2.15. The van der Waals surface area contributed by atoms with Crippen molar-refractivity contribution in [1.29, 1.82) is 0 Å². The second kappa shape index (κ2) is 1.13. The number of hydrogen-bond donors (Lipinski definition) is 0. The molecule has 0 saturated carbocycles. The van der Waals surface area contributed by atoms with Crippen LogP contribution in [-0.2, 0) is 0 Å². The summed E-state index contributed by atoms with van der Waals surface area (Å²) < 4.78 is 0. The van der Waals surface area contributed by atoms with E-state index in [2.05, 4.69) is 6.55 Å². The highest BCUT2D eigenvalue weighted by Crippen LogP contribution is 2.18. The van der Waals surface area contributed by atoms with Crippen molar-refractivity contribution in [2.24, 2.45) is 0 Å². The Balaban J connectivity index is 2.08. The minimum atomic E-state index is 0.0309. The molecule has 0 nitrogen and oxygen atoms in total. The molecule has 1 fully saturated rings. The lowest BCUT2D eigenvalue weighted by Gasteiger charge is -2.17. The van der Waals surface area contributed by atoms with Gasteiger partial charge in [0.1, 0.15) is 0 Å². The van der Waals surface area contributed by atoms with Crippen LogP contribution in [0.3, 0.4) is 0 Å². The van der Waals surface area contributed by atoms with Crippen LogP contribution in [0.25, 0.3) is 0 Å². The summed E-state index contributed by atoms with van der Waals surface area (Å²) in [4.78, 5) is 0. The predicted octanol–water partition coefficient (Wildman–Crippen LogP) is 1.25. The van der Waals surface area contributed by atoms with Gasteiger partial charge < -0.3 is 0 Å². The van der Waals surface area contributed by atoms with E-state index in [4.69, 9.17) is 0 Å². The molecule has 1 saturated heterocycles. The molecule has 0 aromatic heterocycles. The van der Waals surface area contributed by atoms with E-state index in [1.807, 2.05) is 0 Å². The fourth-order valence-corrected chi connectivity index (χ4v) is 1.84. The van der Waals surface area contributed by atoms with Crippen molar-refractivity contribution in [2.75, 3.05) is 0 Å². The molecule has 0 bridgehead atoms. The first-order chi connectivity index (χ1) is 2.39. The monoisotopic (exact) mass is 86.1 g/mol. The summed E-state index contributed by atoms with van der Waals surface area (Å²) in [6, 6.07) is 3.25. The van der Waals surface area contributed by atoms with Crippen molar-refractivity contribution in [3.63, 3.8) is 0 Å². The van der Waals surface area contributed by atoms with E-state index in [-0.39, 0.29) is 8.80 Å². The maximum Gasteiger partial charge on any atom is 0.0336 e. The summed E-state index contributed by atoms with van der Waals surface area (Å²) >= 11 is 0. The topological polar surface area (TPSA) is 0 Å². The van der Waals surface area contributed by atoms with Gasteiger partial charge in [0.15, 0.2) is 0 Å². The maximum absolute atomic E-state index is 2.45. The third-order valence-electron chi connectivity index (χ3n) is 1.39. The van der Waals surface area contributed by atoms with Gasteiger partial charge >= 0.3 is 0 Å². The Labute approximate surface area is 34.8 Å². The van der Waals surface area contributed by atoms with Crippen molar-refractivity contribution in [1.82, 2.24) is 0 Å². The SMILES string of the molecule is C[SiH]1CCC1. The average molecular weight is 86.2 g/mol. The first-order valence-electron chi connectivity index (χ1n) is 2.39. The molecule has 1 heterocycles. The summed E-state index contributed by atoms with van der Waals surface area (Å²) in [7, 11) is 0.0309. The van der Waals surface area contributed by atoms with Crippen LogP contribution in [-0.4, -0.2) is 8.80 Å². The summed E-state index contributed by atoms with van der Waals surface area (Å²) in [5.41, 5.74) is 0. The molecule has 0 aromatic rings. The zero-order valence-electron chi connectivity index (χ0n) is 3.70. The minimum absolute atomic E-state index is 0.0309. The second-order valence-corrected chi connectivity index (χ2v) is 5.40. The number of hydrogen-bond acceptors (Lipinski definition) is 0. The molecule has 0 radical (unpaired) electrons. The van der Waals surface area contributed by atoms with Crippen LogP contribution in [0.4, 0.5) is 0 Å². The summed E-state index contributed by atoms with van der Waals surface area (Å²) in [5, 5.41) is 0. The van der Waals surface area contributed by atoms with Gasteiger partial charge in [-0.15, -0.1) is 0 Å². The largest absolute Gasteiger partial charge is 0.0720 e. The molecule has 0 atom stereocenters. The Kier molecular flexibility index (Phi) is 0.770. The Morgan fingerprint density at radius 2 is 1.80 bits per heavy atom. The van der Waals surface area contributed by atoms with Crippen molar-refractivity contribution in [3.8, 4) is 0 Å². The number of rotatable bonds is 0. The third-order valence-corrected chi connectivity index (χ3v) is 4.18. The fraction of sp³-hybridized carbons (Fsp3) is 1.00. The second-order valence-electron chi connectivity index (χ2n) is 2.04. The zero-order chi connectivity index (χ0) is 3.70. The fourth-order valence-electron chi connectivity index (χ4n) is 0.612. The summed E-state index contributed by atoms with van der Waals surface area (Å²) in [6.07, 6.45) is 1.55. The molecule has 1 rings (SSSR count). The van der Waals surface area contributed by atoms with Gasteiger partial charge in [-0.3, -0.25) is 0 Å². The van der Waals surface area contributed by atoms with Gasteiger partial charge in [0.05, 0.1) is 0 Å². The van der Waals surface area contributed by atoms with Gasteiger partial charge in [0.2, 0.25) is 0 Å². The first-order valence-corrected chi connectivity index (χ1v) is 5.18. The summed E-state index contributed by atoms with van der Waals surface area (Å²) in [5.74, 6) is 0. The van der Waals surface area contributed by atoms with Crippen LogP contribution in [0.15, 0.2) is 0 Å². The van der Waals surface area contributed by atoms with E-state index in [1.165, 1.54) is 0 Å². The molecule has 0 spiro atoms. The highest BCUT2D eigenvalue weighted by molar-refractivity contribution is 6.60. The zero-order valence-corrected chi connectivity index (χ0v) is 4.85. The van der Waals surface area contributed by atoms with Gasteiger partial charge in [-0.25, -0.2) is 0 Å². The van der Waals surface area contributed by atoms with Crippen LogP contribution in [0.5, 0.6) is 0 Å². The van der Waals surface area contributed by atoms with Crippen LogP contribution in [0.2, 0.25) is 18.6 Å². The first kappa shape index (κ1) is 3.41. The molecule has 30 valence electrons. The maximum atomic E-state index is 2.45. The van der Waals surface area contributed by atoms with Gasteiger partial charge in [0, 0.05) is 8.80 Å². The molecule has 5 heavy (non-hydrogen) atoms. The van der Waals surface area contributed by atoms with Gasteiger partial charge in [-0.1, -0.05) is 25.1 Å². The van der Waals surface area contributed by atoms with Crippen molar-refractivity contribution < 1.29 is 0 Å². The minimum Gasteiger partial charge on any atom is -0.0720 e. The Morgan fingerprint density at radius 1 is 1.40 bits per heavy atom. The lowest BCUT2D eigenvalue weighted by atomic mass is 10.5. The van der Waals surface area contributed by atoms with Gasteiger partial charge in [-0.05, 0) is 0 Å². The lowest BCUT2D eigenvalue weighted by molar-refractivity contribution is 0.942. The Morgan fingerprint density at radius 3 is 1.80 bits per heavy atom. The van der Waals surface area contributed by atoms with E-state index >= 15 is 0 Å². The van der Waals surface area contributed by atoms with Crippen LogP contribution in [0, 0.1) is 0 Å². The predicted molar refractivity (Wildman–Crippen MR) is 27.2 cm³/mol. The van der Waals surface area contributed by atoms with E-state index in [0.717, 1.165) is 0 Å². The smallest absolute Gasteiger partial charge is 0.0336 e. The molecule has 1 aliphatic rings. The molecule has 0 aromatic carbocycles. The highest BCUT2D eigenvalue weighted by Gasteiger charge is 2.11. The highest BCUT2D eigenvalue weighted by atomic mass is 28.3. The third kappa shape index (κ3) is 0.536. The van der Waals surface area contributed by atoms with E-state index in [1.54, 1.807) is 18.5 Å². The van der Waals surface area contributed by atoms with Crippen LogP contribution >= 0.6 is 0 Å².